The predicted octanol–water partition coefficient (Wildman–Crippen LogP) is 4.42. The lowest BCUT2D eigenvalue weighted by molar-refractivity contribution is -0.115. The van der Waals surface area contributed by atoms with Crippen molar-refractivity contribution in [2.45, 2.75) is 6.42 Å². The Morgan fingerprint density at radius 2 is 1.58 bits per heavy atom. The second-order valence-corrected chi connectivity index (χ2v) is 5.47. The van der Waals surface area contributed by atoms with Crippen molar-refractivity contribution in [1.29, 1.82) is 0 Å². The van der Waals surface area contributed by atoms with Crippen molar-refractivity contribution in [3.05, 3.63) is 83.8 Å². The summed E-state index contributed by atoms with van der Waals surface area (Å²) in [6, 6.07) is 12.5. The molecule has 0 saturated heterocycles. The van der Waals surface area contributed by atoms with Crippen LogP contribution in [0.25, 0.3) is 0 Å². The lowest BCUT2D eigenvalue weighted by atomic mass is 10.1. The molecule has 26 heavy (non-hydrogen) atoms. The van der Waals surface area contributed by atoms with Gasteiger partial charge in [0.2, 0.25) is 5.91 Å². The zero-order valence-electron chi connectivity index (χ0n) is 13.5. The van der Waals surface area contributed by atoms with E-state index in [0.717, 1.165) is 12.1 Å². The van der Waals surface area contributed by atoms with Crippen molar-refractivity contribution in [2.24, 2.45) is 0 Å². The van der Waals surface area contributed by atoms with Crippen LogP contribution in [0.4, 0.5) is 30.4 Å². The smallest absolute Gasteiger partial charge is 0.230 e. The number of rotatable bonds is 5. The van der Waals surface area contributed by atoms with Crippen LogP contribution in [0, 0.1) is 17.5 Å². The molecule has 0 radical (unpaired) electrons. The molecule has 132 valence electrons. The third-order valence-corrected chi connectivity index (χ3v) is 3.57. The second kappa shape index (κ2) is 7.69. The van der Waals surface area contributed by atoms with Crippen LogP contribution in [0.2, 0.25) is 0 Å². The van der Waals surface area contributed by atoms with Crippen molar-refractivity contribution in [2.75, 3.05) is 10.6 Å². The summed E-state index contributed by atoms with van der Waals surface area (Å²) < 4.78 is 40.8. The van der Waals surface area contributed by atoms with E-state index in [9.17, 15) is 18.0 Å². The van der Waals surface area contributed by atoms with Crippen molar-refractivity contribution in [3.63, 3.8) is 0 Å². The molecule has 1 heterocycles. The van der Waals surface area contributed by atoms with Gasteiger partial charge in [0.05, 0.1) is 18.3 Å². The van der Waals surface area contributed by atoms with Gasteiger partial charge in [0.1, 0.15) is 29.0 Å². The molecule has 0 aliphatic heterocycles. The zero-order chi connectivity index (χ0) is 18.5. The summed E-state index contributed by atoms with van der Waals surface area (Å²) in [6.07, 6.45) is 1.19. The Balaban J connectivity index is 1.64. The van der Waals surface area contributed by atoms with Gasteiger partial charge >= 0.3 is 0 Å². The maximum Gasteiger partial charge on any atom is 0.230 e. The van der Waals surface area contributed by atoms with Gasteiger partial charge < -0.3 is 10.6 Å². The fourth-order valence-electron chi connectivity index (χ4n) is 2.31. The molecule has 1 aromatic heterocycles. The number of para-hydroxylation sites is 1. The molecule has 2 N–H and O–H groups in total. The van der Waals surface area contributed by atoms with Crippen LogP contribution in [0.1, 0.15) is 5.56 Å². The molecular weight excluding hydrogens is 343 g/mol. The summed E-state index contributed by atoms with van der Waals surface area (Å²) in [5, 5.41) is 5.13. The molecule has 4 nitrogen and oxygen atoms in total. The molecule has 0 bridgehead atoms. The van der Waals surface area contributed by atoms with E-state index in [2.05, 4.69) is 15.6 Å². The van der Waals surface area contributed by atoms with Gasteiger partial charge in [-0.1, -0.05) is 24.3 Å². The van der Waals surface area contributed by atoms with Crippen molar-refractivity contribution < 1.29 is 18.0 Å². The molecule has 0 atom stereocenters. The van der Waals surface area contributed by atoms with Gasteiger partial charge in [0.15, 0.2) is 0 Å². The predicted molar refractivity (Wildman–Crippen MR) is 92.6 cm³/mol. The molecule has 3 aromatic rings. The SMILES string of the molecule is O=C(Cc1ccccc1F)Nc1ccc(Nc2c(F)cccc2F)cn1. The lowest BCUT2D eigenvalue weighted by Crippen LogP contribution is -2.16. The highest BCUT2D eigenvalue weighted by Gasteiger charge is 2.10. The average Bonchev–Trinajstić information content (AvgIpc) is 2.62. The number of carbonyl (C=O) groups excluding carboxylic acids is 1. The van der Waals surface area contributed by atoms with Crippen LogP contribution in [0.3, 0.4) is 0 Å². The third kappa shape index (κ3) is 4.18. The van der Waals surface area contributed by atoms with Crippen LogP contribution < -0.4 is 10.6 Å². The molecular formula is C19H14F3N3O. The van der Waals surface area contributed by atoms with Gasteiger partial charge in [-0.25, -0.2) is 18.2 Å². The summed E-state index contributed by atoms with van der Waals surface area (Å²) >= 11 is 0. The highest BCUT2D eigenvalue weighted by Crippen LogP contribution is 2.23. The maximum atomic E-state index is 13.6. The minimum absolute atomic E-state index is 0.130. The molecule has 7 heteroatoms. The summed E-state index contributed by atoms with van der Waals surface area (Å²) in [5.74, 6) is -2.10. The van der Waals surface area contributed by atoms with E-state index in [-0.39, 0.29) is 23.5 Å². The van der Waals surface area contributed by atoms with Gasteiger partial charge in [-0.3, -0.25) is 4.79 Å². The van der Waals surface area contributed by atoms with Crippen LogP contribution in [0.15, 0.2) is 60.8 Å². The first-order chi connectivity index (χ1) is 12.5. The van der Waals surface area contributed by atoms with E-state index >= 15 is 0 Å². The van der Waals surface area contributed by atoms with E-state index in [0.29, 0.717) is 5.69 Å². The Labute approximate surface area is 147 Å². The van der Waals surface area contributed by atoms with Gasteiger partial charge in [-0.15, -0.1) is 0 Å². The maximum absolute atomic E-state index is 13.6. The number of hydrogen-bond donors (Lipinski definition) is 2. The Morgan fingerprint density at radius 1 is 0.885 bits per heavy atom. The van der Waals surface area contributed by atoms with Crippen molar-refractivity contribution >= 4 is 23.1 Å². The number of carbonyl (C=O) groups is 1. The summed E-state index contributed by atoms with van der Waals surface area (Å²) in [6.45, 7) is 0. The number of anilines is 3. The Hall–Kier alpha value is -3.35. The minimum Gasteiger partial charge on any atom is -0.349 e. The number of nitrogens with zero attached hydrogens (tertiary/aromatic N) is 1. The normalized spacial score (nSPS) is 10.4. The van der Waals surface area contributed by atoms with Gasteiger partial charge in [0.25, 0.3) is 0 Å². The average molecular weight is 357 g/mol. The van der Waals surface area contributed by atoms with Crippen molar-refractivity contribution in [3.8, 4) is 0 Å². The number of aromatic nitrogens is 1. The third-order valence-electron chi connectivity index (χ3n) is 3.57. The quantitative estimate of drug-likeness (QED) is 0.711. The number of benzene rings is 2. The standard InChI is InChI=1S/C19H14F3N3O/c20-14-5-2-1-4-12(14)10-18(26)25-17-9-8-13(11-23-17)24-19-15(21)6-3-7-16(19)22/h1-9,11,24H,10H2,(H,23,25,26). The fraction of sp³-hybridized carbons (Fsp3) is 0.0526. The Kier molecular flexibility index (Phi) is 5.17. The Bertz CT molecular complexity index is 909. The number of nitrogens with one attached hydrogen (secondary N) is 2. The number of halogens is 3. The van der Waals surface area contributed by atoms with E-state index in [1.807, 2.05) is 0 Å². The summed E-state index contributed by atoms with van der Waals surface area (Å²) in [4.78, 5) is 16.0. The molecule has 0 unspecified atom stereocenters. The topological polar surface area (TPSA) is 54.0 Å². The molecule has 0 aliphatic carbocycles. The number of amides is 1. The van der Waals surface area contributed by atoms with Crippen LogP contribution in [0.5, 0.6) is 0 Å². The highest BCUT2D eigenvalue weighted by atomic mass is 19.1. The van der Waals surface area contributed by atoms with E-state index in [1.165, 1.54) is 36.5 Å². The molecule has 0 aliphatic rings. The second-order valence-electron chi connectivity index (χ2n) is 5.47. The van der Waals surface area contributed by atoms with Gasteiger partial charge in [0, 0.05) is 0 Å². The van der Waals surface area contributed by atoms with Gasteiger partial charge in [-0.05, 0) is 35.9 Å². The van der Waals surface area contributed by atoms with Crippen molar-refractivity contribution in [1.82, 2.24) is 4.98 Å². The lowest BCUT2D eigenvalue weighted by Gasteiger charge is -2.09. The monoisotopic (exact) mass is 357 g/mol. The molecule has 0 spiro atoms. The first kappa shape index (κ1) is 17.5. The first-order valence-corrected chi connectivity index (χ1v) is 7.73. The Morgan fingerprint density at radius 3 is 2.23 bits per heavy atom. The van der Waals surface area contributed by atoms with Crippen LogP contribution >= 0.6 is 0 Å². The largest absolute Gasteiger partial charge is 0.349 e. The van der Waals surface area contributed by atoms with E-state index in [4.69, 9.17) is 0 Å². The minimum atomic E-state index is -0.729. The van der Waals surface area contributed by atoms with E-state index < -0.39 is 23.4 Å². The molecule has 0 saturated carbocycles. The van der Waals surface area contributed by atoms with Crippen LogP contribution in [-0.2, 0) is 11.2 Å². The first-order valence-electron chi connectivity index (χ1n) is 7.73. The molecule has 3 rings (SSSR count). The summed E-state index contributed by atoms with van der Waals surface area (Å²) in [5.41, 5.74) is 0.338. The fourth-order valence-corrected chi connectivity index (χ4v) is 2.31. The number of pyridine rings is 1. The summed E-state index contributed by atoms with van der Waals surface area (Å²) in [7, 11) is 0. The molecule has 2 aromatic carbocycles. The number of hydrogen-bond acceptors (Lipinski definition) is 3. The van der Waals surface area contributed by atoms with E-state index in [1.54, 1.807) is 12.1 Å². The van der Waals surface area contributed by atoms with Crippen LogP contribution in [-0.4, -0.2) is 10.9 Å². The molecule has 1 amide bonds. The van der Waals surface area contributed by atoms with Gasteiger partial charge in [-0.2, -0.15) is 0 Å². The highest BCUT2D eigenvalue weighted by molar-refractivity contribution is 5.91. The molecule has 0 fully saturated rings. The zero-order valence-corrected chi connectivity index (χ0v) is 13.5.